The summed E-state index contributed by atoms with van der Waals surface area (Å²) in [6.45, 7) is 11.3. The first kappa shape index (κ1) is 14.4. The summed E-state index contributed by atoms with van der Waals surface area (Å²) in [5.74, 6) is 0. The SMILES string of the molecule is CC(C)(C)CNCc1ccc(N2CCCCC2)cc1. The zero-order valence-corrected chi connectivity index (χ0v) is 12.7. The van der Waals surface area contributed by atoms with Crippen LogP contribution in [-0.4, -0.2) is 19.6 Å². The van der Waals surface area contributed by atoms with Crippen LogP contribution in [0.4, 0.5) is 5.69 Å². The van der Waals surface area contributed by atoms with E-state index in [1.165, 1.54) is 43.6 Å². The molecule has 0 atom stereocenters. The minimum Gasteiger partial charge on any atom is -0.372 e. The molecular formula is C17H28N2. The van der Waals surface area contributed by atoms with Crippen molar-refractivity contribution in [2.75, 3.05) is 24.5 Å². The smallest absolute Gasteiger partial charge is 0.0366 e. The van der Waals surface area contributed by atoms with E-state index in [1.807, 2.05) is 0 Å². The molecule has 1 N–H and O–H groups in total. The molecule has 19 heavy (non-hydrogen) atoms. The van der Waals surface area contributed by atoms with Gasteiger partial charge in [-0.1, -0.05) is 32.9 Å². The molecule has 1 aliphatic rings. The Balaban J connectivity index is 1.84. The van der Waals surface area contributed by atoms with E-state index in [0.717, 1.165) is 13.1 Å². The Labute approximate surface area is 118 Å². The number of nitrogens with zero attached hydrogens (tertiary/aromatic N) is 1. The Bertz CT molecular complexity index is 369. The quantitative estimate of drug-likeness (QED) is 0.885. The fraction of sp³-hybridized carbons (Fsp3) is 0.647. The lowest BCUT2D eigenvalue weighted by molar-refractivity contribution is 0.379. The van der Waals surface area contributed by atoms with E-state index >= 15 is 0 Å². The molecule has 0 aromatic heterocycles. The molecule has 0 unspecified atom stereocenters. The normalized spacial score (nSPS) is 16.7. The first-order valence-corrected chi connectivity index (χ1v) is 7.59. The molecule has 0 bridgehead atoms. The Morgan fingerprint density at radius 1 is 1.00 bits per heavy atom. The van der Waals surface area contributed by atoms with Crippen LogP contribution in [-0.2, 0) is 6.54 Å². The van der Waals surface area contributed by atoms with Gasteiger partial charge in [-0.05, 0) is 42.4 Å². The Kier molecular flexibility index (Phi) is 4.87. The van der Waals surface area contributed by atoms with Crippen molar-refractivity contribution in [1.29, 1.82) is 0 Å². The van der Waals surface area contributed by atoms with E-state index in [2.05, 4.69) is 55.3 Å². The predicted molar refractivity (Wildman–Crippen MR) is 83.7 cm³/mol. The molecule has 2 heteroatoms. The summed E-state index contributed by atoms with van der Waals surface area (Å²) in [4.78, 5) is 2.51. The number of nitrogens with one attached hydrogen (secondary N) is 1. The van der Waals surface area contributed by atoms with E-state index in [1.54, 1.807) is 0 Å². The van der Waals surface area contributed by atoms with Gasteiger partial charge in [0.05, 0.1) is 0 Å². The highest BCUT2D eigenvalue weighted by atomic mass is 15.1. The highest BCUT2D eigenvalue weighted by Gasteiger charge is 2.11. The topological polar surface area (TPSA) is 15.3 Å². The minimum atomic E-state index is 0.355. The third-order valence-corrected chi connectivity index (χ3v) is 3.64. The number of hydrogen-bond donors (Lipinski definition) is 1. The first-order valence-electron chi connectivity index (χ1n) is 7.59. The number of benzene rings is 1. The maximum Gasteiger partial charge on any atom is 0.0366 e. The molecule has 1 aliphatic heterocycles. The van der Waals surface area contributed by atoms with Gasteiger partial charge >= 0.3 is 0 Å². The number of anilines is 1. The molecule has 0 amide bonds. The van der Waals surface area contributed by atoms with Crippen LogP contribution in [0.3, 0.4) is 0 Å². The van der Waals surface area contributed by atoms with E-state index < -0.39 is 0 Å². The van der Waals surface area contributed by atoms with Gasteiger partial charge in [0, 0.05) is 31.9 Å². The molecule has 0 spiro atoms. The van der Waals surface area contributed by atoms with E-state index in [0.29, 0.717) is 5.41 Å². The molecule has 0 radical (unpaired) electrons. The molecule has 1 aromatic rings. The van der Waals surface area contributed by atoms with Crippen LogP contribution in [0.1, 0.15) is 45.6 Å². The molecule has 1 aromatic carbocycles. The summed E-state index contributed by atoms with van der Waals surface area (Å²) in [7, 11) is 0. The third kappa shape index (κ3) is 4.87. The second-order valence-electron chi connectivity index (χ2n) is 6.88. The monoisotopic (exact) mass is 260 g/mol. The molecule has 2 rings (SSSR count). The van der Waals surface area contributed by atoms with Gasteiger partial charge in [-0.3, -0.25) is 0 Å². The standard InChI is InChI=1S/C17H28N2/c1-17(2,3)14-18-13-15-7-9-16(10-8-15)19-11-5-4-6-12-19/h7-10,18H,4-6,11-14H2,1-3H3. The summed E-state index contributed by atoms with van der Waals surface area (Å²) in [6, 6.07) is 9.08. The molecule has 0 saturated carbocycles. The second-order valence-corrected chi connectivity index (χ2v) is 6.88. The van der Waals surface area contributed by atoms with Gasteiger partial charge in [0.1, 0.15) is 0 Å². The summed E-state index contributed by atoms with van der Waals surface area (Å²) >= 11 is 0. The van der Waals surface area contributed by atoms with Gasteiger partial charge in [-0.15, -0.1) is 0 Å². The van der Waals surface area contributed by atoms with Gasteiger partial charge in [0.15, 0.2) is 0 Å². The van der Waals surface area contributed by atoms with Gasteiger partial charge in [0.25, 0.3) is 0 Å². The molecule has 0 aliphatic carbocycles. The van der Waals surface area contributed by atoms with Crippen molar-refractivity contribution in [1.82, 2.24) is 5.32 Å². The van der Waals surface area contributed by atoms with Gasteiger partial charge in [0.2, 0.25) is 0 Å². The zero-order valence-electron chi connectivity index (χ0n) is 12.7. The van der Waals surface area contributed by atoms with Gasteiger partial charge in [-0.2, -0.15) is 0 Å². The molecule has 1 saturated heterocycles. The van der Waals surface area contributed by atoms with Crippen molar-refractivity contribution in [3.8, 4) is 0 Å². The summed E-state index contributed by atoms with van der Waals surface area (Å²) in [5, 5.41) is 3.53. The van der Waals surface area contributed by atoms with Crippen molar-refractivity contribution >= 4 is 5.69 Å². The van der Waals surface area contributed by atoms with Crippen molar-refractivity contribution in [2.24, 2.45) is 5.41 Å². The molecular weight excluding hydrogens is 232 g/mol. The lowest BCUT2D eigenvalue weighted by atomic mass is 9.97. The van der Waals surface area contributed by atoms with Crippen LogP contribution in [0.2, 0.25) is 0 Å². The molecule has 2 nitrogen and oxygen atoms in total. The van der Waals surface area contributed by atoms with Crippen LogP contribution in [0.25, 0.3) is 0 Å². The fourth-order valence-corrected chi connectivity index (χ4v) is 2.56. The second kappa shape index (κ2) is 6.42. The van der Waals surface area contributed by atoms with Crippen LogP contribution in [0.15, 0.2) is 24.3 Å². The average Bonchev–Trinajstić information content (AvgIpc) is 2.39. The maximum absolute atomic E-state index is 3.53. The predicted octanol–water partition coefficient (Wildman–Crippen LogP) is 3.81. The molecule has 1 fully saturated rings. The Hall–Kier alpha value is -1.02. The number of piperidine rings is 1. The van der Waals surface area contributed by atoms with Gasteiger partial charge < -0.3 is 10.2 Å². The van der Waals surface area contributed by atoms with E-state index in [-0.39, 0.29) is 0 Å². The highest BCUT2D eigenvalue weighted by molar-refractivity contribution is 5.47. The van der Waals surface area contributed by atoms with E-state index in [9.17, 15) is 0 Å². The first-order chi connectivity index (χ1) is 9.04. The molecule has 106 valence electrons. The largest absolute Gasteiger partial charge is 0.372 e. The van der Waals surface area contributed by atoms with Crippen LogP contribution in [0, 0.1) is 5.41 Å². The Morgan fingerprint density at radius 3 is 2.21 bits per heavy atom. The van der Waals surface area contributed by atoms with E-state index in [4.69, 9.17) is 0 Å². The summed E-state index contributed by atoms with van der Waals surface area (Å²) in [5.41, 5.74) is 3.12. The van der Waals surface area contributed by atoms with Crippen molar-refractivity contribution in [3.05, 3.63) is 29.8 Å². The number of hydrogen-bond acceptors (Lipinski definition) is 2. The Morgan fingerprint density at radius 2 is 1.63 bits per heavy atom. The third-order valence-electron chi connectivity index (χ3n) is 3.64. The lowest BCUT2D eigenvalue weighted by Gasteiger charge is -2.29. The molecule has 1 heterocycles. The average molecular weight is 260 g/mol. The minimum absolute atomic E-state index is 0.355. The van der Waals surface area contributed by atoms with Gasteiger partial charge in [-0.25, -0.2) is 0 Å². The van der Waals surface area contributed by atoms with Crippen molar-refractivity contribution in [2.45, 2.75) is 46.6 Å². The summed E-state index contributed by atoms with van der Waals surface area (Å²) < 4.78 is 0. The highest BCUT2D eigenvalue weighted by Crippen LogP contribution is 2.20. The maximum atomic E-state index is 3.53. The number of rotatable bonds is 4. The van der Waals surface area contributed by atoms with Crippen LogP contribution < -0.4 is 10.2 Å². The summed E-state index contributed by atoms with van der Waals surface area (Å²) in [6.07, 6.45) is 4.08. The van der Waals surface area contributed by atoms with Crippen molar-refractivity contribution < 1.29 is 0 Å². The van der Waals surface area contributed by atoms with Crippen LogP contribution in [0.5, 0.6) is 0 Å². The van der Waals surface area contributed by atoms with Crippen molar-refractivity contribution in [3.63, 3.8) is 0 Å². The zero-order chi connectivity index (χ0) is 13.7. The van der Waals surface area contributed by atoms with Crippen LogP contribution >= 0.6 is 0 Å². The lowest BCUT2D eigenvalue weighted by Crippen LogP contribution is -2.29. The fourth-order valence-electron chi connectivity index (χ4n) is 2.56.